The highest BCUT2D eigenvalue weighted by Crippen LogP contribution is 2.36. The van der Waals surface area contributed by atoms with Crippen LogP contribution in [0.25, 0.3) is 11.0 Å². The van der Waals surface area contributed by atoms with Gasteiger partial charge in [-0.05, 0) is 36.8 Å². The number of hydrogen-bond acceptors (Lipinski definition) is 5. The van der Waals surface area contributed by atoms with Gasteiger partial charge >= 0.3 is 5.63 Å². The van der Waals surface area contributed by atoms with Crippen LogP contribution in [0, 0.1) is 0 Å². The molecule has 6 heteroatoms. The summed E-state index contributed by atoms with van der Waals surface area (Å²) in [6.45, 7) is 1.64. The van der Waals surface area contributed by atoms with Gasteiger partial charge in [-0.2, -0.15) is 0 Å². The maximum atomic E-state index is 12.6. The maximum absolute atomic E-state index is 12.6. The molecular formula is C19H16ClNO4. The van der Waals surface area contributed by atoms with E-state index < -0.39 is 11.5 Å². The Morgan fingerprint density at radius 3 is 2.56 bits per heavy atom. The normalized spacial score (nSPS) is 13.1. The minimum atomic E-state index is -0.623. The summed E-state index contributed by atoms with van der Waals surface area (Å²) in [6.07, 6.45) is 0.245. The highest BCUT2D eigenvalue weighted by Gasteiger charge is 2.25. The van der Waals surface area contributed by atoms with Gasteiger partial charge in [0, 0.05) is 17.4 Å². The number of halogens is 1. The van der Waals surface area contributed by atoms with Crippen molar-refractivity contribution >= 4 is 28.3 Å². The minimum absolute atomic E-state index is 0.127. The van der Waals surface area contributed by atoms with Crippen molar-refractivity contribution in [1.29, 1.82) is 0 Å². The number of para-hydroxylation sites is 1. The molecule has 0 aliphatic heterocycles. The van der Waals surface area contributed by atoms with E-state index in [1.807, 2.05) is 0 Å². The third kappa shape index (κ3) is 3.37. The predicted octanol–water partition coefficient (Wildman–Crippen LogP) is 4.52. The van der Waals surface area contributed by atoms with Crippen LogP contribution in [0.3, 0.4) is 0 Å². The molecule has 25 heavy (non-hydrogen) atoms. The van der Waals surface area contributed by atoms with Crippen molar-refractivity contribution < 1.29 is 14.7 Å². The summed E-state index contributed by atoms with van der Waals surface area (Å²) in [5.74, 6) is -0.661. The second-order valence-electron chi connectivity index (χ2n) is 5.79. The van der Waals surface area contributed by atoms with E-state index >= 15 is 0 Å². The van der Waals surface area contributed by atoms with E-state index in [1.54, 1.807) is 55.5 Å². The molecule has 128 valence electrons. The Labute approximate surface area is 148 Å². The van der Waals surface area contributed by atoms with Crippen molar-refractivity contribution in [3.05, 3.63) is 75.1 Å². The molecule has 0 radical (unpaired) electrons. The van der Waals surface area contributed by atoms with Crippen LogP contribution in [-0.4, -0.2) is 16.0 Å². The Morgan fingerprint density at radius 1 is 1.20 bits per heavy atom. The first-order valence-corrected chi connectivity index (χ1v) is 8.06. The van der Waals surface area contributed by atoms with Gasteiger partial charge in [0.05, 0.1) is 16.7 Å². The first-order chi connectivity index (χ1) is 12.0. The quantitative estimate of drug-likeness (QED) is 0.311. The topological polar surface area (TPSA) is 83.0 Å². The number of hydrogen-bond donors (Lipinski definition) is 2. The van der Waals surface area contributed by atoms with Gasteiger partial charge in [0.1, 0.15) is 11.3 Å². The first-order valence-electron chi connectivity index (χ1n) is 7.69. The van der Waals surface area contributed by atoms with E-state index in [9.17, 15) is 9.90 Å². The lowest BCUT2D eigenvalue weighted by atomic mass is 9.87. The second kappa shape index (κ2) is 6.99. The fourth-order valence-electron chi connectivity index (χ4n) is 2.87. The zero-order valence-corrected chi connectivity index (χ0v) is 14.2. The summed E-state index contributed by atoms with van der Waals surface area (Å²) >= 11 is 5.94. The summed E-state index contributed by atoms with van der Waals surface area (Å²) in [7, 11) is 0. The molecule has 0 unspecified atom stereocenters. The Balaban J connectivity index is 2.24. The monoisotopic (exact) mass is 357 g/mol. The number of oxime groups is 1. The van der Waals surface area contributed by atoms with Crippen LogP contribution in [0.5, 0.6) is 5.75 Å². The van der Waals surface area contributed by atoms with Crippen LogP contribution < -0.4 is 5.63 Å². The van der Waals surface area contributed by atoms with Gasteiger partial charge in [0.15, 0.2) is 0 Å². The Bertz CT molecular complexity index is 992. The molecule has 3 rings (SSSR count). The van der Waals surface area contributed by atoms with Gasteiger partial charge in [-0.1, -0.05) is 41.0 Å². The van der Waals surface area contributed by atoms with Crippen molar-refractivity contribution in [2.75, 3.05) is 0 Å². The molecule has 5 nitrogen and oxygen atoms in total. The van der Waals surface area contributed by atoms with E-state index in [1.165, 1.54) is 0 Å². The summed E-state index contributed by atoms with van der Waals surface area (Å²) in [4.78, 5) is 12.6. The van der Waals surface area contributed by atoms with E-state index in [0.717, 1.165) is 5.56 Å². The standard InChI is InChI=1S/C19H16ClNO4/c1-11(21-24)10-15(12-6-8-13(20)9-7-12)17-18(22)14-4-2-3-5-16(14)25-19(17)23/h2-9,15,22,24H,10H2,1H3/b21-11+/t15-/m0/s1. The molecule has 0 aliphatic rings. The van der Waals surface area contributed by atoms with Gasteiger partial charge in [-0.3, -0.25) is 0 Å². The van der Waals surface area contributed by atoms with E-state index in [0.29, 0.717) is 21.7 Å². The van der Waals surface area contributed by atoms with Crippen LogP contribution in [0.1, 0.15) is 30.4 Å². The fourth-order valence-corrected chi connectivity index (χ4v) is 3.00. The zero-order chi connectivity index (χ0) is 18.0. The molecule has 2 N–H and O–H groups in total. The van der Waals surface area contributed by atoms with Gasteiger partial charge in [0.25, 0.3) is 0 Å². The largest absolute Gasteiger partial charge is 0.507 e. The van der Waals surface area contributed by atoms with Gasteiger partial charge < -0.3 is 14.7 Å². The summed E-state index contributed by atoms with van der Waals surface area (Å²) in [5.41, 5.74) is 0.999. The number of rotatable bonds is 4. The molecule has 0 fully saturated rings. The highest BCUT2D eigenvalue weighted by molar-refractivity contribution is 6.30. The van der Waals surface area contributed by atoms with E-state index in [2.05, 4.69) is 5.16 Å². The lowest BCUT2D eigenvalue weighted by molar-refractivity contribution is 0.317. The number of fused-ring (bicyclic) bond motifs is 1. The highest BCUT2D eigenvalue weighted by atomic mass is 35.5. The minimum Gasteiger partial charge on any atom is -0.507 e. The molecule has 0 saturated carbocycles. The van der Waals surface area contributed by atoms with Gasteiger partial charge in [-0.25, -0.2) is 4.79 Å². The average molecular weight is 358 g/mol. The molecule has 0 aliphatic carbocycles. The molecule has 0 bridgehead atoms. The van der Waals surface area contributed by atoms with Crippen molar-refractivity contribution in [3.63, 3.8) is 0 Å². The van der Waals surface area contributed by atoms with Crippen molar-refractivity contribution in [2.24, 2.45) is 5.16 Å². The molecule has 0 spiro atoms. The summed E-state index contributed by atoms with van der Waals surface area (Å²) in [6, 6.07) is 13.7. The Morgan fingerprint density at radius 2 is 1.88 bits per heavy atom. The van der Waals surface area contributed by atoms with E-state index in [4.69, 9.17) is 21.2 Å². The number of benzene rings is 2. The second-order valence-corrected chi connectivity index (χ2v) is 6.23. The van der Waals surface area contributed by atoms with Crippen LogP contribution in [0.2, 0.25) is 5.02 Å². The first kappa shape index (κ1) is 17.0. The third-order valence-electron chi connectivity index (χ3n) is 4.11. The summed E-state index contributed by atoms with van der Waals surface area (Å²) in [5, 5.41) is 24.0. The third-order valence-corrected chi connectivity index (χ3v) is 4.36. The average Bonchev–Trinajstić information content (AvgIpc) is 2.61. The number of aromatic hydroxyl groups is 1. The lowest BCUT2D eigenvalue weighted by Crippen LogP contribution is -2.16. The van der Waals surface area contributed by atoms with E-state index in [-0.39, 0.29) is 17.7 Å². The Kier molecular flexibility index (Phi) is 4.76. The molecule has 1 heterocycles. The number of nitrogens with zero attached hydrogens (tertiary/aromatic N) is 1. The SMILES string of the molecule is C/C(C[C@@H](c1ccc(Cl)cc1)c1c(O)c2ccccc2oc1=O)=N\O. The van der Waals surface area contributed by atoms with Crippen LogP contribution in [0.15, 0.2) is 62.9 Å². The van der Waals surface area contributed by atoms with Crippen molar-refractivity contribution in [1.82, 2.24) is 0 Å². The lowest BCUT2D eigenvalue weighted by Gasteiger charge is -2.18. The zero-order valence-electron chi connectivity index (χ0n) is 13.4. The van der Waals surface area contributed by atoms with Crippen LogP contribution in [-0.2, 0) is 0 Å². The summed E-state index contributed by atoms with van der Waals surface area (Å²) < 4.78 is 5.37. The molecule has 1 aromatic heterocycles. The maximum Gasteiger partial charge on any atom is 0.343 e. The van der Waals surface area contributed by atoms with Crippen molar-refractivity contribution in [3.8, 4) is 5.75 Å². The molecule has 2 aromatic carbocycles. The molecule has 3 aromatic rings. The fraction of sp³-hybridized carbons (Fsp3) is 0.158. The van der Waals surface area contributed by atoms with Crippen molar-refractivity contribution in [2.45, 2.75) is 19.3 Å². The van der Waals surface area contributed by atoms with Crippen LogP contribution in [0.4, 0.5) is 0 Å². The van der Waals surface area contributed by atoms with Gasteiger partial charge in [-0.15, -0.1) is 0 Å². The smallest absolute Gasteiger partial charge is 0.343 e. The molecular weight excluding hydrogens is 342 g/mol. The molecule has 0 saturated heterocycles. The molecule has 1 atom stereocenters. The predicted molar refractivity (Wildman–Crippen MR) is 97.0 cm³/mol. The van der Waals surface area contributed by atoms with Gasteiger partial charge in [0.2, 0.25) is 0 Å². The Hall–Kier alpha value is -2.79. The van der Waals surface area contributed by atoms with Crippen LogP contribution >= 0.6 is 11.6 Å². The molecule has 0 amide bonds.